The second kappa shape index (κ2) is 6.23. The van der Waals surface area contributed by atoms with Crippen molar-refractivity contribution in [2.75, 3.05) is 12.8 Å². The number of nitrogen functional groups attached to an aromatic ring is 1. The molecule has 0 radical (unpaired) electrons. The molecule has 0 aliphatic carbocycles. The molecule has 0 aliphatic rings. The Bertz CT molecular complexity index is 763. The zero-order valence-electron chi connectivity index (χ0n) is 11.3. The Balaban J connectivity index is 2.30. The van der Waals surface area contributed by atoms with E-state index in [2.05, 4.69) is 0 Å². The Labute approximate surface area is 134 Å². The average Bonchev–Trinajstić information content (AvgIpc) is 2.44. The van der Waals surface area contributed by atoms with Crippen molar-refractivity contribution in [2.45, 2.75) is 11.4 Å². The number of hydrogen-bond acceptors (Lipinski definition) is 3. The van der Waals surface area contributed by atoms with Gasteiger partial charge >= 0.3 is 0 Å². The monoisotopic (exact) mass is 344 g/mol. The van der Waals surface area contributed by atoms with Gasteiger partial charge in [-0.3, -0.25) is 0 Å². The van der Waals surface area contributed by atoms with Gasteiger partial charge in [0.25, 0.3) is 0 Å². The maximum atomic E-state index is 12.5. The minimum atomic E-state index is -3.66. The molecule has 112 valence electrons. The summed E-state index contributed by atoms with van der Waals surface area (Å²) in [6.45, 7) is 0.171. The van der Waals surface area contributed by atoms with Crippen LogP contribution in [0.2, 0.25) is 10.0 Å². The lowest BCUT2D eigenvalue weighted by Crippen LogP contribution is -2.26. The van der Waals surface area contributed by atoms with Crippen LogP contribution in [0, 0.1) is 0 Å². The third-order valence-electron chi connectivity index (χ3n) is 3.03. The Hall–Kier alpha value is -1.27. The molecule has 2 aromatic rings. The summed E-state index contributed by atoms with van der Waals surface area (Å²) in [5.41, 5.74) is 6.61. The van der Waals surface area contributed by atoms with Crippen LogP contribution in [-0.2, 0) is 16.6 Å². The van der Waals surface area contributed by atoms with E-state index in [0.717, 1.165) is 5.56 Å². The van der Waals surface area contributed by atoms with Crippen LogP contribution in [-0.4, -0.2) is 19.8 Å². The highest BCUT2D eigenvalue weighted by Gasteiger charge is 2.22. The molecule has 21 heavy (non-hydrogen) atoms. The Morgan fingerprint density at radius 3 is 2.38 bits per heavy atom. The fourth-order valence-corrected chi connectivity index (χ4v) is 3.31. The summed E-state index contributed by atoms with van der Waals surface area (Å²) in [6, 6.07) is 11.3. The topological polar surface area (TPSA) is 63.4 Å². The first-order chi connectivity index (χ1) is 9.82. The van der Waals surface area contributed by atoms with Crippen LogP contribution in [0.15, 0.2) is 47.4 Å². The molecule has 0 heterocycles. The largest absolute Gasteiger partial charge is 0.397 e. The van der Waals surface area contributed by atoms with E-state index < -0.39 is 10.0 Å². The smallest absolute Gasteiger partial charge is 0.243 e. The molecule has 0 aliphatic heterocycles. The van der Waals surface area contributed by atoms with Gasteiger partial charge in [0.2, 0.25) is 10.0 Å². The lowest BCUT2D eigenvalue weighted by molar-refractivity contribution is 0.467. The number of anilines is 1. The van der Waals surface area contributed by atoms with Crippen molar-refractivity contribution in [1.82, 2.24) is 4.31 Å². The second-order valence-electron chi connectivity index (χ2n) is 4.54. The van der Waals surface area contributed by atoms with Crippen molar-refractivity contribution in [3.63, 3.8) is 0 Å². The van der Waals surface area contributed by atoms with Crippen molar-refractivity contribution in [3.05, 3.63) is 58.1 Å². The maximum absolute atomic E-state index is 12.5. The molecular formula is C14H14Cl2N2O2S. The lowest BCUT2D eigenvalue weighted by atomic mass is 10.2. The van der Waals surface area contributed by atoms with Gasteiger partial charge in [0, 0.05) is 18.6 Å². The Morgan fingerprint density at radius 1 is 1.10 bits per heavy atom. The van der Waals surface area contributed by atoms with E-state index in [4.69, 9.17) is 28.9 Å². The molecule has 2 aromatic carbocycles. The SMILES string of the molecule is CN(Cc1ccccc1Cl)S(=O)(=O)c1ccc(Cl)c(N)c1. The first-order valence-electron chi connectivity index (χ1n) is 6.07. The molecule has 2 rings (SSSR count). The van der Waals surface area contributed by atoms with E-state index in [0.29, 0.717) is 10.0 Å². The molecule has 7 heteroatoms. The molecule has 0 saturated heterocycles. The summed E-state index contributed by atoms with van der Waals surface area (Å²) < 4.78 is 26.2. The van der Waals surface area contributed by atoms with Crippen LogP contribution in [0.4, 0.5) is 5.69 Å². The van der Waals surface area contributed by atoms with Crippen molar-refractivity contribution in [3.8, 4) is 0 Å². The number of nitrogens with two attached hydrogens (primary N) is 1. The highest BCUT2D eigenvalue weighted by molar-refractivity contribution is 7.89. The zero-order chi connectivity index (χ0) is 15.6. The van der Waals surface area contributed by atoms with Crippen molar-refractivity contribution < 1.29 is 8.42 Å². The minimum Gasteiger partial charge on any atom is -0.397 e. The fourth-order valence-electron chi connectivity index (χ4n) is 1.81. The molecule has 2 N–H and O–H groups in total. The number of sulfonamides is 1. The average molecular weight is 345 g/mol. The van der Waals surface area contributed by atoms with Crippen molar-refractivity contribution in [1.29, 1.82) is 0 Å². The van der Waals surface area contributed by atoms with Gasteiger partial charge in [0.05, 0.1) is 15.6 Å². The van der Waals surface area contributed by atoms with E-state index >= 15 is 0 Å². The minimum absolute atomic E-state index is 0.0963. The predicted molar refractivity (Wildman–Crippen MR) is 86.0 cm³/mol. The van der Waals surface area contributed by atoms with Crippen LogP contribution in [0.25, 0.3) is 0 Å². The second-order valence-corrected chi connectivity index (χ2v) is 7.40. The molecule has 0 fully saturated rings. The Kier molecular flexibility index (Phi) is 4.78. The summed E-state index contributed by atoms with van der Waals surface area (Å²) in [6.07, 6.45) is 0. The molecule has 0 aromatic heterocycles. The third kappa shape index (κ3) is 3.49. The van der Waals surface area contributed by atoms with Gasteiger partial charge in [-0.2, -0.15) is 4.31 Å². The summed E-state index contributed by atoms with van der Waals surface area (Å²) in [5.74, 6) is 0. The molecule has 0 unspecified atom stereocenters. The quantitative estimate of drug-likeness (QED) is 0.864. The number of halogens is 2. The van der Waals surface area contributed by atoms with Gasteiger partial charge in [0.15, 0.2) is 0 Å². The molecule has 0 spiro atoms. The van der Waals surface area contributed by atoms with Crippen LogP contribution in [0.3, 0.4) is 0 Å². The summed E-state index contributed by atoms with van der Waals surface area (Å²) >= 11 is 11.9. The molecule has 0 saturated carbocycles. The van der Waals surface area contributed by atoms with E-state index in [1.54, 1.807) is 18.2 Å². The fraction of sp³-hybridized carbons (Fsp3) is 0.143. The number of rotatable bonds is 4. The standard InChI is InChI=1S/C14H14Cl2N2O2S/c1-18(9-10-4-2-3-5-12(10)15)21(19,20)11-6-7-13(16)14(17)8-11/h2-8H,9,17H2,1H3. The Morgan fingerprint density at radius 2 is 1.76 bits per heavy atom. The van der Waals surface area contributed by atoms with Crippen LogP contribution >= 0.6 is 23.2 Å². The molecule has 0 amide bonds. The maximum Gasteiger partial charge on any atom is 0.243 e. The van der Waals surface area contributed by atoms with Gasteiger partial charge in [-0.05, 0) is 29.8 Å². The molecule has 4 nitrogen and oxygen atoms in total. The van der Waals surface area contributed by atoms with Gasteiger partial charge in [-0.25, -0.2) is 8.42 Å². The van der Waals surface area contributed by atoms with Crippen LogP contribution in [0.1, 0.15) is 5.56 Å². The van der Waals surface area contributed by atoms with Gasteiger partial charge in [-0.15, -0.1) is 0 Å². The predicted octanol–water partition coefficient (Wildman–Crippen LogP) is 3.40. The molecular weight excluding hydrogens is 331 g/mol. The van der Waals surface area contributed by atoms with Crippen molar-refractivity contribution in [2.24, 2.45) is 0 Å². The van der Waals surface area contributed by atoms with Crippen LogP contribution in [0.5, 0.6) is 0 Å². The van der Waals surface area contributed by atoms with E-state index in [9.17, 15) is 8.42 Å². The number of nitrogens with zero attached hydrogens (tertiary/aromatic N) is 1. The lowest BCUT2D eigenvalue weighted by Gasteiger charge is -2.18. The van der Waals surface area contributed by atoms with E-state index in [1.165, 1.54) is 29.6 Å². The van der Waals surface area contributed by atoms with Gasteiger partial charge in [0.1, 0.15) is 0 Å². The summed E-state index contributed by atoms with van der Waals surface area (Å²) in [7, 11) is -2.17. The first kappa shape index (κ1) is 16.1. The van der Waals surface area contributed by atoms with Crippen molar-refractivity contribution >= 4 is 38.9 Å². The van der Waals surface area contributed by atoms with Gasteiger partial charge in [-0.1, -0.05) is 41.4 Å². The van der Waals surface area contributed by atoms with E-state index in [-0.39, 0.29) is 17.1 Å². The van der Waals surface area contributed by atoms with Gasteiger partial charge < -0.3 is 5.73 Å². The normalized spacial score (nSPS) is 11.8. The molecule has 0 atom stereocenters. The van der Waals surface area contributed by atoms with Crippen LogP contribution < -0.4 is 5.73 Å². The highest BCUT2D eigenvalue weighted by Crippen LogP contribution is 2.25. The highest BCUT2D eigenvalue weighted by atomic mass is 35.5. The zero-order valence-corrected chi connectivity index (χ0v) is 13.6. The number of hydrogen-bond donors (Lipinski definition) is 1. The third-order valence-corrected chi connectivity index (χ3v) is 5.54. The first-order valence-corrected chi connectivity index (χ1v) is 8.27. The summed E-state index contributed by atoms with van der Waals surface area (Å²) in [4.78, 5) is 0.0963. The van der Waals surface area contributed by atoms with E-state index in [1.807, 2.05) is 6.07 Å². The summed E-state index contributed by atoms with van der Waals surface area (Å²) in [5, 5.41) is 0.845. The molecule has 0 bridgehead atoms. The number of benzene rings is 2.